The number of hydrogen-bond donors (Lipinski definition) is 2. The van der Waals surface area contributed by atoms with Gasteiger partial charge in [-0.1, -0.05) is 6.07 Å². The molecule has 0 fully saturated rings. The Balaban J connectivity index is 1.82. The predicted octanol–water partition coefficient (Wildman–Crippen LogP) is 2.71. The van der Waals surface area contributed by atoms with E-state index in [9.17, 15) is 9.90 Å². The average molecular weight is 317 g/mol. The highest BCUT2D eigenvalue weighted by molar-refractivity contribution is 7.15. The number of carbonyl (C=O) groups is 1. The normalized spacial score (nSPS) is 14.7. The highest BCUT2D eigenvalue weighted by atomic mass is 32.1. The van der Waals surface area contributed by atoms with E-state index in [4.69, 9.17) is 0 Å². The molecule has 2 N–H and O–H groups in total. The number of hydrogen-bond acceptors (Lipinski definition) is 5. The molecule has 0 atom stereocenters. The summed E-state index contributed by atoms with van der Waals surface area (Å²) in [5.41, 5.74) is 3.05. The minimum atomic E-state index is -0.319. The second-order valence-electron chi connectivity index (χ2n) is 5.73. The van der Waals surface area contributed by atoms with Crippen LogP contribution in [0.25, 0.3) is 0 Å². The van der Waals surface area contributed by atoms with Crippen LogP contribution in [0.5, 0.6) is 5.75 Å². The number of rotatable bonds is 2. The summed E-state index contributed by atoms with van der Waals surface area (Å²) in [5, 5.41) is 13.5. The first-order valence-electron chi connectivity index (χ1n) is 7.23. The van der Waals surface area contributed by atoms with Crippen LogP contribution >= 0.6 is 11.3 Å². The maximum absolute atomic E-state index is 12.4. The zero-order valence-electron chi connectivity index (χ0n) is 12.9. The summed E-state index contributed by atoms with van der Waals surface area (Å²) in [6.07, 6.45) is 0.910. The quantitative estimate of drug-likeness (QED) is 0.894. The first-order valence-corrected chi connectivity index (χ1v) is 8.05. The molecule has 3 rings (SSSR count). The summed E-state index contributed by atoms with van der Waals surface area (Å²) in [7, 11) is 2.08. The van der Waals surface area contributed by atoms with Crippen molar-refractivity contribution < 1.29 is 9.90 Å². The number of aryl methyl sites for hydroxylation is 1. The van der Waals surface area contributed by atoms with Gasteiger partial charge in [-0.15, -0.1) is 11.3 Å². The predicted molar refractivity (Wildman–Crippen MR) is 87.7 cm³/mol. The number of carbonyl (C=O) groups excluding carboxylic acids is 1. The third kappa shape index (κ3) is 2.71. The summed E-state index contributed by atoms with van der Waals surface area (Å²) < 4.78 is 0. The van der Waals surface area contributed by atoms with Gasteiger partial charge in [0.05, 0.1) is 11.3 Å². The van der Waals surface area contributed by atoms with E-state index in [1.54, 1.807) is 13.0 Å². The maximum Gasteiger partial charge on any atom is 0.261 e. The molecule has 1 aromatic carbocycles. The summed E-state index contributed by atoms with van der Waals surface area (Å²) in [4.78, 5) is 20.3. The number of aromatic hydroxyl groups is 1. The summed E-state index contributed by atoms with van der Waals surface area (Å²) >= 11 is 1.51. The van der Waals surface area contributed by atoms with Crippen molar-refractivity contribution in [3.8, 4) is 5.75 Å². The van der Waals surface area contributed by atoms with Gasteiger partial charge in [0.2, 0.25) is 0 Å². The minimum absolute atomic E-state index is 0.0403. The second-order valence-corrected chi connectivity index (χ2v) is 6.82. The number of aromatic nitrogens is 1. The fraction of sp³-hybridized carbons (Fsp3) is 0.375. The molecule has 116 valence electrons. The number of fused-ring (bicyclic) bond motifs is 1. The van der Waals surface area contributed by atoms with Crippen molar-refractivity contribution in [3.63, 3.8) is 0 Å². The lowest BCUT2D eigenvalue weighted by Gasteiger charge is -2.20. The molecule has 5 nitrogen and oxygen atoms in total. The Morgan fingerprint density at radius 3 is 2.95 bits per heavy atom. The monoisotopic (exact) mass is 317 g/mol. The molecule has 22 heavy (non-hydrogen) atoms. The largest absolute Gasteiger partial charge is 0.507 e. The van der Waals surface area contributed by atoms with Crippen molar-refractivity contribution in [2.75, 3.05) is 18.9 Å². The first-order chi connectivity index (χ1) is 10.5. The molecule has 0 spiro atoms. The van der Waals surface area contributed by atoms with E-state index in [1.165, 1.54) is 16.2 Å². The number of phenolic OH excluding ortho intramolecular Hbond substituents is 1. The SMILES string of the molecule is Cc1ccc(C(=O)Nc2nc3c(s2)CN(C)CC3)c(O)c1C. The summed E-state index contributed by atoms with van der Waals surface area (Å²) in [6, 6.07) is 3.49. The van der Waals surface area contributed by atoms with Crippen LogP contribution in [0.15, 0.2) is 12.1 Å². The first kappa shape index (κ1) is 15.0. The maximum atomic E-state index is 12.4. The topological polar surface area (TPSA) is 65.5 Å². The molecule has 0 saturated heterocycles. The molecule has 1 aromatic heterocycles. The van der Waals surface area contributed by atoms with Crippen LogP contribution in [-0.2, 0) is 13.0 Å². The zero-order valence-corrected chi connectivity index (χ0v) is 13.8. The lowest BCUT2D eigenvalue weighted by molar-refractivity contribution is 0.102. The van der Waals surface area contributed by atoms with Crippen LogP contribution in [0.1, 0.15) is 32.1 Å². The van der Waals surface area contributed by atoms with E-state index in [-0.39, 0.29) is 17.2 Å². The van der Waals surface area contributed by atoms with Gasteiger partial charge < -0.3 is 10.0 Å². The number of anilines is 1. The molecule has 6 heteroatoms. The number of thiazole rings is 1. The Morgan fingerprint density at radius 2 is 2.18 bits per heavy atom. The second kappa shape index (κ2) is 5.70. The van der Waals surface area contributed by atoms with Crippen molar-refractivity contribution in [2.24, 2.45) is 0 Å². The van der Waals surface area contributed by atoms with Crippen molar-refractivity contribution in [3.05, 3.63) is 39.4 Å². The van der Waals surface area contributed by atoms with Crippen LogP contribution in [0.2, 0.25) is 0 Å². The number of amides is 1. The Bertz CT molecular complexity index is 739. The molecule has 2 heterocycles. The molecule has 0 bridgehead atoms. The molecular formula is C16H19N3O2S. The van der Waals surface area contributed by atoms with Crippen LogP contribution in [0.4, 0.5) is 5.13 Å². The van der Waals surface area contributed by atoms with Gasteiger partial charge in [0.1, 0.15) is 5.75 Å². The molecule has 1 aliphatic heterocycles. The Morgan fingerprint density at radius 1 is 1.41 bits per heavy atom. The van der Waals surface area contributed by atoms with E-state index in [0.29, 0.717) is 5.13 Å². The molecule has 0 radical (unpaired) electrons. The number of likely N-dealkylation sites (N-methyl/N-ethyl adjacent to an activating group) is 1. The van der Waals surface area contributed by atoms with Gasteiger partial charge in [0.15, 0.2) is 5.13 Å². The van der Waals surface area contributed by atoms with Crippen molar-refractivity contribution in [1.82, 2.24) is 9.88 Å². The third-order valence-electron chi connectivity index (χ3n) is 4.09. The highest BCUT2D eigenvalue weighted by Gasteiger charge is 2.20. The van der Waals surface area contributed by atoms with E-state index >= 15 is 0 Å². The minimum Gasteiger partial charge on any atom is -0.507 e. The van der Waals surface area contributed by atoms with E-state index < -0.39 is 0 Å². The zero-order chi connectivity index (χ0) is 15.9. The fourth-order valence-electron chi connectivity index (χ4n) is 2.53. The van der Waals surface area contributed by atoms with Crippen molar-refractivity contribution in [1.29, 1.82) is 0 Å². The molecule has 0 saturated carbocycles. The molecule has 0 aliphatic carbocycles. The molecule has 2 aromatic rings. The summed E-state index contributed by atoms with van der Waals surface area (Å²) in [6.45, 7) is 5.57. The molecule has 0 unspecified atom stereocenters. The smallest absolute Gasteiger partial charge is 0.261 e. The highest BCUT2D eigenvalue weighted by Crippen LogP contribution is 2.29. The van der Waals surface area contributed by atoms with Gasteiger partial charge in [0.25, 0.3) is 5.91 Å². The molecule has 1 amide bonds. The fourth-order valence-corrected chi connectivity index (χ4v) is 3.61. The van der Waals surface area contributed by atoms with Gasteiger partial charge in [0, 0.05) is 24.4 Å². The van der Waals surface area contributed by atoms with Gasteiger partial charge in [-0.3, -0.25) is 10.1 Å². The Kier molecular flexibility index (Phi) is 3.88. The van der Waals surface area contributed by atoms with Crippen LogP contribution in [0.3, 0.4) is 0 Å². The lowest BCUT2D eigenvalue weighted by Crippen LogP contribution is -2.25. The number of nitrogens with zero attached hydrogens (tertiary/aromatic N) is 2. The van der Waals surface area contributed by atoms with Gasteiger partial charge in [-0.25, -0.2) is 4.98 Å². The van der Waals surface area contributed by atoms with Crippen molar-refractivity contribution in [2.45, 2.75) is 26.8 Å². The van der Waals surface area contributed by atoms with Crippen molar-refractivity contribution >= 4 is 22.4 Å². The molecular weight excluding hydrogens is 298 g/mol. The number of nitrogens with one attached hydrogen (secondary N) is 1. The van der Waals surface area contributed by atoms with E-state index in [2.05, 4.69) is 22.2 Å². The van der Waals surface area contributed by atoms with E-state index in [0.717, 1.165) is 36.3 Å². The standard InChI is InChI=1S/C16H19N3O2S/c1-9-4-5-11(14(20)10(9)2)15(21)18-16-17-12-6-7-19(3)8-13(12)22-16/h4-5,20H,6-8H2,1-3H3,(H,17,18,21). The van der Waals surface area contributed by atoms with Crippen LogP contribution in [0, 0.1) is 13.8 Å². The van der Waals surface area contributed by atoms with Gasteiger partial charge in [-0.05, 0) is 38.1 Å². The van der Waals surface area contributed by atoms with Crippen LogP contribution < -0.4 is 5.32 Å². The number of phenols is 1. The third-order valence-corrected chi connectivity index (χ3v) is 5.09. The van der Waals surface area contributed by atoms with E-state index in [1.807, 2.05) is 13.0 Å². The number of benzene rings is 1. The summed E-state index contributed by atoms with van der Waals surface area (Å²) in [5.74, 6) is -0.279. The Labute approximate surface area is 133 Å². The average Bonchev–Trinajstić information content (AvgIpc) is 2.86. The molecule has 1 aliphatic rings. The lowest BCUT2D eigenvalue weighted by atomic mass is 10.0. The Hall–Kier alpha value is -1.92. The van der Waals surface area contributed by atoms with Gasteiger partial charge >= 0.3 is 0 Å². The van der Waals surface area contributed by atoms with Crippen LogP contribution in [-0.4, -0.2) is 34.5 Å². The van der Waals surface area contributed by atoms with Gasteiger partial charge in [-0.2, -0.15) is 0 Å².